The van der Waals surface area contributed by atoms with Crippen LogP contribution < -0.4 is 4.74 Å². The van der Waals surface area contributed by atoms with Crippen LogP contribution >= 0.6 is 0 Å². The van der Waals surface area contributed by atoms with Crippen LogP contribution in [-0.4, -0.2) is 27.7 Å². The summed E-state index contributed by atoms with van der Waals surface area (Å²) in [5.74, 6) is 0.158. The van der Waals surface area contributed by atoms with E-state index in [0.29, 0.717) is 28.9 Å². The molecular weight excluding hydrogens is 298 g/mol. The van der Waals surface area contributed by atoms with Crippen molar-refractivity contribution in [3.05, 3.63) is 57.9 Å². The van der Waals surface area contributed by atoms with E-state index in [4.69, 9.17) is 4.74 Å². The SMILES string of the molecule is COc1ccc(-c2nc3cc(C)ccn3c2C=O)cc1[N+](=O)[O-]. The zero-order chi connectivity index (χ0) is 16.6. The lowest BCUT2D eigenvalue weighted by Gasteiger charge is -2.04. The minimum atomic E-state index is -0.525. The van der Waals surface area contributed by atoms with Crippen molar-refractivity contribution < 1.29 is 14.5 Å². The highest BCUT2D eigenvalue weighted by molar-refractivity contribution is 5.87. The van der Waals surface area contributed by atoms with E-state index in [1.54, 1.807) is 16.7 Å². The van der Waals surface area contributed by atoms with Gasteiger partial charge >= 0.3 is 5.69 Å². The smallest absolute Gasteiger partial charge is 0.311 e. The second-order valence-corrected chi connectivity index (χ2v) is 5.04. The molecule has 23 heavy (non-hydrogen) atoms. The molecule has 0 aliphatic rings. The average molecular weight is 311 g/mol. The van der Waals surface area contributed by atoms with Gasteiger partial charge in [-0.2, -0.15) is 0 Å². The third kappa shape index (κ3) is 2.42. The van der Waals surface area contributed by atoms with Gasteiger partial charge in [0.25, 0.3) is 0 Å². The van der Waals surface area contributed by atoms with Crippen molar-refractivity contribution in [3.63, 3.8) is 0 Å². The van der Waals surface area contributed by atoms with Gasteiger partial charge in [0.05, 0.1) is 12.0 Å². The highest BCUT2D eigenvalue weighted by Crippen LogP contribution is 2.33. The molecule has 0 radical (unpaired) electrons. The molecule has 3 rings (SSSR count). The van der Waals surface area contributed by atoms with Gasteiger partial charge < -0.3 is 4.74 Å². The number of nitro groups is 1. The van der Waals surface area contributed by atoms with E-state index in [0.717, 1.165) is 5.56 Å². The lowest BCUT2D eigenvalue weighted by atomic mass is 10.1. The highest BCUT2D eigenvalue weighted by Gasteiger charge is 2.20. The maximum Gasteiger partial charge on any atom is 0.311 e. The number of rotatable bonds is 4. The zero-order valence-electron chi connectivity index (χ0n) is 12.5. The summed E-state index contributed by atoms with van der Waals surface area (Å²) < 4.78 is 6.65. The van der Waals surface area contributed by atoms with Crippen molar-refractivity contribution >= 4 is 17.6 Å². The molecule has 3 aromatic rings. The second kappa shape index (κ2) is 5.53. The van der Waals surface area contributed by atoms with Gasteiger partial charge in [-0.1, -0.05) is 0 Å². The number of fused-ring (bicyclic) bond motifs is 1. The molecule has 0 atom stereocenters. The predicted octanol–water partition coefficient (Wildman–Crippen LogP) is 3.04. The van der Waals surface area contributed by atoms with Gasteiger partial charge in [0.1, 0.15) is 17.0 Å². The Morgan fingerprint density at radius 3 is 2.74 bits per heavy atom. The van der Waals surface area contributed by atoms with Crippen LogP contribution in [0.1, 0.15) is 16.1 Å². The predicted molar refractivity (Wildman–Crippen MR) is 84.0 cm³/mol. The Morgan fingerprint density at radius 2 is 2.09 bits per heavy atom. The summed E-state index contributed by atoms with van der Waals surface area (Å²) in [6.07, 6.45) is 2.45. The van der Waals surface area contributed by atoms with Crippen LogP contribution in [0, 0.1) is 17.0 Å². The number of carbonyl (C=O) groups is 1. The normalized spacial score (nSPS) is 10.7. The quantitative estimate of drug-likeness (QED) is 0.420. The number of pyridine rings is 1. The fourth-order valence-corrected chi connectivity index (χ4v) is 2.47. The van der Waals surface area contributed by atoms with E-state index in [-0.39, 0.29) is 11.4 Å². The zero-order valence-corrected chi connectivity index (χ0v) is 12.5. The van der Waals surface area contributed by atoms with Crippen molar-refractivity contribution in [2.45, 2.75) is 6.92 Å². The Morgan fingerprint density at radius 1 is 1.30 bits per heavy atom. The van der Waals surface area contributed by atoms with Crippen molar-refractivity contribution in [1.29, 1.82) is 0 Å². The molecule has 0 saturated carbocycles. The number of aromatic nitrogens is 2. The van der Waals surface area contributed by atoms with Crippen LogP contribution in [0.5, 0.6) is 5.75 Å². The van der Waals surface area contributed by atoms with Gasteiger partial charge in [0.2, 0.25) is 0 Å². The molecule has 0 unspecified atom stereocenters. The van der Waals surface area contributed by atoms with Crippen LogP contribution in [0.3, 0.4) is 0 Å². The first kappa shape index (κ1) is 14.7. The number of nitrogens with zero attached hydrogens (tertiary/aromatic N) is 3. The third-order valence-electron chi connectivity index (χ3n) is 3.58. The summed E-state index contributed by atoms with van der Waals surface area (Å²) in [6.45, 7) is 1.92. The van der Waals surface area contributed by atoms with Crippen molar-refractivity contribution in [2.24, 2.45) is 0 Å². The third-order valence-corrected chi connectivity index (χ3v) is 3.58. The summed E-state index contributed by atoms with van der Waals surface area (Å²) >= 11 is 0. The molecule has 7 heteroatoms. The Balaban J connectivity index is 2.26. The maximum atomic E-state index is 11.5. The molecule has 0 aliphatic heterocycles. The molecule has 0 bridgehead atoms. The molecule has 0 spiro atoms. The lowest BCUT2D eigenvalue weighted by Crippen LogP contribution is -1.96. The molecule has 7 nitrogen and oxygen atoms in total. The van der Waals surface area contributed by atoms with E-state index in [1.165, 1.54) is 19.2 Å². The number of methoxy groups -OCH3 is 1. The number of ether oxygens (including phenoxy) is 1. The summed E-state index contributed by atoms with van der Waals surface area (Å²) in [5, 5.41) is 11.2. The molecule has 2 aromatic heterocycles. The van der Waals surface area contributed by atoms with Gasteiger partial charge in [-0.25, -0.2) is 4.98 Å². The fraction of sp³-hybridized carbons (Fsp3) is 0.125. The van der Waals surface area contributed by atoms with Crippen LogP contribution in [0.4, 0.5) is 5.69 Å². The number of aldehydes is 1. The number of carbonyl (C=O) groups excluding carboxylic acids is 1. The van der Waals surface area contributed by atoms with Gasteiger partial charge in [0, 0.05) is 17.8 Å². The van der Waals surface area contributed by atoms with E-state index in [2.05, 4.69) is 4.98 Å². The monoisotopic (exact) mass is 311 g/mol. The van der Waals surface area contributed by atoms with Crippen LogP contribution in [0.15, 0.2) is 36.5 Å². The summed E-state index contributed by atoms with van der Waals surface area (Å²) in [7, 11) is 1.37. The average Bonchev–Trinajstić information content (AvgIpc) is 2.91. The van der Waals surface area contributed by atoms with Crippen molar-refractivity contribution in [3.8, 4) is 17.0 Å². The second-order valence-electron chi connectivity index (χ2n) is 5.04. The number of imidazole rings is 1. The number of nitro benzene ring substituents is 1. The standard InChI is InChI=1S/C16H13N3O4/c1-10-5-6-18-13(9-20)16(17-15(18)7-10)11-3-4-14(23-2)12(8-11)19(21)22/h3-9H,1-2H3. The van der Waals surface area contributed by atoms with E-state index in [9.17, 15) is 14.9 Å². The fourth-order valence-electron chi connectivity index (χ4n) is 2.47. The Kier molecular flexibility index (Phi) is 3.53. The van der Waals surface area contributed by atoms with Gasteiger partial charge in [-0.05, 0) is 36.8 Å². The molecule has 0 amide bonds. The molecule has 116 valence electrons. The molecule has 0 fully saturated rings. The van der Waals surface area contributed by atoms with E-state index in [1.807, 2.05) is 19.1 Å². The van der Waals surface area contributed by atoms with Crippen molar-refractivity contribution in [2.75, 3.05) is 7.11 Å². The lowest BCUT2D eigenvalue weighted by molar-refractivity contribution is -0.385. The number of hydrogen-bond donors (Lipinski definition) is 0. The van der Waals surface area contributed by atoms with Crippen LogP contribution in [-0.2, 0) is 0 Å². The highest BCUT2D eigenvalue weighted by atomic mass is 16.6. The Labute approximate surface area is 131 Å². The molecule has 0 aliphatic carbocycles. The molecule has 0 saturated heterocycles. The number of benzene rings is 1. The maximum absolute atomic E-state index is 11.5. The topological polar surface area (TPSA) is 86.7 Å². The minimum Gasteiger partial charge on any atom is -0.490 e. The van der Waals surface area contributed by atoms with E-state index < -0.39 is 4.92 Å². The summed E-state index contributed by atoms with van der Waals surface area (Å²) in [5.41, 5.74) is 2.68. The molecular formula is C16H13N3O4. The Hall–Kier alpha value is -3.22. The van der Waals surface area contributed by atoms with Crippen LogP contribution in [0.25, 0.3) is 16.9 Å². The largest absolute Gasteiger partial charge is 0.490 e. The number of aryl methyl sites for hydroxylation is 1. The first-order valence-electron chi connectivity index (χ1n) is 6.82. The molecule has 2 heterocycles. The molecule has 0 N–H and O–H groups in total. The Bertz CT molecular complexity index is 930. The minimum absolute atomic E-state index is 0.158. The van der Waals surface area contributed by atoms with Gasteiger partial charge in [-0.15, -0.1) is 0 Å². The first-order chi connectivity index (χ1) is 11.0. The summed E-state index contributed by atoms with van der Waals surface area (Å²) in [4.78, 5) is 26.6. The summed E-state index contributed by atoms with van der Waals surface area (Å²) in [6, 6.07) is 8.21. The molecule has 1 aromatic carbocycles. The van der Waals surface area contributed by atoms with Crippen molar-refractivity contribution in [1.82, 2.24) is 9.38 Å². The van der Waals surface area contributed by atoms with Gasteiger partial charge in [-0.3, -0.25) is 19.3 Å². The number of hydrogen-bond acceptors (Lipinski definition) is 5. The van der Waals surface area contributed by atoms with Gasteiger partial charge in [0.15, 0.2) is 12.0 Å². The first-order valence-corrected chi connectivity index (χ1v) is 6.82. The van der Waals surface area contributed by atoms with E-state index >= 15 is 0 Å². The van der Waals surface area contributed by atoms with Crippen LogP contribution in [0.2, 0.25) is 0 Å².